The third kappa shape index (κ3) is 3.93. The molecule has 122 valence electrons. The molecule has 4 nitrogen and oxygen atoms in total. The first-order chi connectivity index (χ1) is 10.6. The van der Waals surface area contributed by atoms with Crippen LogP contribution in [0.15, 0.2) is 24.3 Å². The van der Waals surface area contributed by atoms with Crippen LogP contribution in [0.5, 0.6) is 5.75 Å². The van der Waals surface area contributed by atoms with Gasteiger partial charge in [-0.1, -0.05) is 6.42 Å². The Morgan fingerprint density at radius 2 is 2.00 bits per heavy atom. The number of nitrogens with zero attached hydrogens (tertiary/aromatic N) is 1. The molecule has 1 aromatic carbocycles. The van der Waals surface area contributed by atoms with Gasteiger partial charge in [-0.05, 0) is 69.5 Å². The summed E-state index contributed by atoms with van der Waals surface area (Å²) in [4.78, 5) is 1.95. The SMILES string of the molecule is CN(C)CC(O)COc1ccc(NC2CC3CCC2C3)cc1. The van der Waals surface area contributed by atoms with Crippen LogP contribution in [0.4, 0.5) is 5.69 Å². The Kier molecular flexibility index (Phi) is 4.89. The van der Waals surface area contributed by atoms with Gasteiger partial charge in [-0.25, -0.2) is 0 Å². The second-order valence-electron chi connectivity index (χ2n) is 7.18. The standard InChI is InChI=1S/C18H28N2O2/c1-20(2)11-16(21)12-22-17-7-5-15(6-8-17)19-18-10-13-3-4-14(18)9-13/h5-8,13-14,16,18-19,21H,3-4,9-12H2,1-2H3. The van der Waals surface area contributed by atoms with Crippen molar-refractivity contribution in [2.24, 2.45) is 11.8 Å². The molecule has 0 saturated heterocycles. The van der Waals surface area contributed by atoms with Crippen LogP contribution in [-0.2, 0) is 0 Å². The van der Waals surface area contributed by atoms with Gasteiger partial charge in [-0.15, -0.1) is 0 Å². The summed E-state index contributed by atoms with van der Waals surface area (Å²) >= 11 is 0. The topological polar surface area (TPSA) is 44.7 Å². The van der Waals surface area contributed by atoms with E-state index in [-0.39, 0.29) is 0 Å². The summed E-state index contributed by atoms with van der Waals surface area (Å²) in [5.74, 6) is 2.65. The second-order valence-corrected chi connectivity index (χ2v) is 7.18. The third-order valence-corrected chi connectivity index (χ3v) is 4.96. The molecule has 22 heavy (non-hydrogen) atoms. The highest BCUT2D eigenvalue weighted by molar-refractivity contribution is 5.47. The van der Waals surface area contributed by atoms with Gasteiger partial charge in [0.05, 0.1) is 0 Å². The smallest absolute Gasteiger partial charge is 0.119 e. The number of fused-ring (bicyclic) bond motifs is 2. The molecule has 0 aromatic heterocycles. The van der Waals surface area contributed by atoms with Gasteiger partial charge in [0.25, 0.3) is 0 Å². The second kappa shape index (κ2) is 6.88. The molecule has 2 fully saturated rings. The number of anilines is 1. The highest BCUT2D eigenvalue weighted by atomic mass is 16.5. The van der Waals surface area contributed by atoms with Crippen LogP contribution in [0, 0.1) is 11.8 Å². The molecule has 0 spiro atoms. The maximum atomic E-state index is 9.81. The molecule has 2 aliphatic rings. The van der Waals surface area contributed by atoms with E-state index >= 15 is 0 Å². The van der Waals surface area contributed by atoms with Crippen LogP contribution >= 0.6 is 0 Å². The van der Waals surface area contributed by atoms with Gasteiger partial charge < -0.3 is 20.1 Å². The predicted octanol–water partition coefficient (Wildman–Crippen LogP) is 2.59. The molecule has 1 aromatic rings. The van der Waals surface area contributed by atoms with Crippen molar-refractivity contribution >= 4 is 5.69 Å². The number of nitrogens with one attached hydrogen (secondary N) is 1. The zero-order valence-corrected chi connectivity index (χ0v) is 13.7. The van der Waals surface area contributed by atoms with Gasteiger partial charge in [0.15, 0.2) is 0 Å². The lowest BCUT2D eigenvalue weighted by atomic mass is 9.95. The Morgan fingerprint density at radius 3 is 2.59 bits per heavy atom. The quantitative estimate of drug-likeness (QED) is 0.813. The van der Waals surface area contributed by atoms with E-state index in [9.17, 15) is 5.11 Å². The van der Waals surface area contributed by atoms with Crippen molar-refractivity contribution in [3.63, 3.8) is 0 Å². The van der Waals surface area contributed by atoms with Gasteiger partial charge in [0, 0.05) is 18.3 Å². The molecular formula is C18H28N2O2. The Balaban J connectivity index is 1.46. The number of aliphatic hydroxyl groups is 1. The van der Waals surface area contributed by atoms with Crippen molar-refractivity contribution < 1.29 is 9.84 Å². The summed E-state index contributed by atoms with van der Waals surface area (Å²) in [7, 11) is 3.89. The minimum absolute atomic E-state index is 0.331. The molecule has 0 aliphatic heterocycles. The Morgan fingerprint density at radius 1 is 1.23 bits per heavy atom. The van der Waals surface area contributed by atoms with Crippen molar-refractivity contribution in [1.82, 2.24) is 4.90 Å². The largest absolute Gasteiger partial charge is 0.491 e. The Labute approximate surface area is 133 Å². The molecule has 2 aliphatic carbocycles. The van der Waals surface area contributed by atoms with Crippen molar-refractivity contribution in [2.45, 2.75) is 37.8 Å². The molecule has 0 radical (unpaired) electrons. The number of hydrogen-bond acceptors (Lipinski definition) is 4. The Hall–Kier alpha value is -1.26. The number of aliphatic hydroxyl groups excluding tert-OH is 1. The molecule has 0 amide bonds. The predicted molar refractivity (Wildman–Crippen MR) is 89.4 cm³/mol. The van der Waals surface area contributed by atoms with E-state index in [2.05, 4.69) is 17.4 Å². The fourth-order valence-corrected chi connectivity index (χ4v) is 3.95. The molecule has 2 N–H and O–H groups in total. The number of likely N-dealkylation sites (N-methyl/N-ethyl adjacent to an activating group) is 1. The molecule has 4 heteroatoms. The Bertz CT molecular complexity index is 474. The van der Waals surface area contributed by atoms with E-state index in [1.54, 1.807) is 0 Å². The zero-order valence-electron chi connectivity index (χ0n) is 13.7. The maximum absolute atomic E-state index is 9.81. The number of hydrogen-bond donors (Lipinski definition) is 2. The molecule has 4 unspecified atom stereocenters. The lowest BCUT2D eigenvalue weighted by Gasteiger charge is -2.24. The monoisotopic (exact) mass is 304 g/mol. The summed E-state index contributed by atoms with van der Waals surface area (Å²) in [5, 5.41) is 13.5. The van der Waals surface area contributed by atoms with Crippen molar-refractivity contribution in [2.75, 3.05) is 32.6 Å². The minimum Gasteiger partial charge on any atom is -0.491 e. The molecular weight excluding hydrogens is 276 g/mol. The molecule has 2 bridgehead atoms. The van der Waals surface area contributed by atoms with E-state index in [1.807, 2.05) is 31.1 Å². The van der Waals surface area contributed by atoms with Gasteiger partial charge in [0.2, 0.25) is 0 Å². The number of benzene rings is 1. The molecule has 2 saturated carbocycles. The van der Waals surface area contributed by atoms with E-state index in [4.69, 9.17) is 4.74 Å². The van der Waals surface area contributed by atoms with Crippen LogP contribution in [0.1, 0.15) is 25.7 Å². The third-order valence-electron chi connectivity index (χ3n) is 4.96. The van der Waals surface area contributed by atoms with Gasteiger partial charge in [0.1, 0.15) is 18.5 Å². The van der Waals surface area contributed by atoms with Crippen LogP contribution in [0.25, 0.3) is 0 Å². The lowest BCUT2D eigenvalue weighted by Crippen LogP contribution is -2.30. The minimum atomic E-state index is -0.457. The van der Waals surface area contributed by atoms with E-state index in [1.165, 1.54) is 31.4 Å². The highest BCUT2D eigenvalue weighted by Crippen LogP contribution is 2.45. The lowest BCUT2D eigenvalue weighted by molar-refractivity contribution is 0.0831. The average molecular weight is 304 g/mol. The van der Waals surface area contributed by atoms with Gasteiger partial charge >= 0.3 is 0 Å². The average Bonchev–Trinajstić information content (AvgIpc) is 3.08. The van der Waals surface area contributed by atoms with Crippen molar-refractivity contribution in [3.8, 4) is 5.75 Å². The molecule has 3 rings (SSSR count). The molecule has 0 heterocycles. The zero-order chi connectivity index (χ0) is 15.5. The fourth-order valence-electron chi connectivity index (χ4n) is 3.95. The first-order valence-corrected chi connectivity index (χ1v) is 8.42. The van der Waals surface area contributed by atoms with E-state index in [0.29, 0.717) is 19.2 Å². The summed E-state index contributed by atoms with van der Waals surface area (Å²) in [6.07, 6.45) is 5.13. The number of ether oxygens (including phenoxy) is 1. The summed E-state index contributed by atoms with van der Waals surface area (Å²) < 4.78 is 5.64. The normalized spacial score (nSPS) is 28.1. The van der Waals surface area contributed by atoms with Crippen molar-refractivity contribution in [1.29, 1.82) is 0 Å². The fraction of sp³-hybridized carbons (Fsp3) is 0.667. The van der Waals surface area contributed by atoms with Crippen molar-refractivity contribution in [3.05, 3.63) is 24.3 Å². The molecule has 4 atom stereocenters. The van der Waals surface area contributed by atoms with Crippen LogP contribution in [-0.4, -0.2) is 49.4 Å². The summed E-state index contributed by atoms with van der Waals surface area (Å²) in [5.41, 5.74) is 1.18. The van der Waals surface area contributed by atoms with E-state index in [0.717, 1.165) is 17.6 Å². The summed E-state index contributed by atoms with van der Waals surface area (Å²) in [6.45, 7) is 0.946. The van der Waals surface area contributed by atoms with Gasteiger partial charge in [-0.2, -0.15) is 0 Å². The van der Waals surface area contributed by atoms with Gasteiger partial charge in [-0.3, -0.25) is 0 Å². The van der Waals surface area contributed by atoms with Crippen LogP contribution < -0.4 is 10.1 Å². The highest BCUT2D eigenvalue weighted by Gasteiger charge is 2.39. The summed E-state index contributed by atoms with van der Waals surface area (Å²) in [6, 6.07) is 8.79. The van der Waals surface area contributed by atoms with E-state index < -0.39 is 6.10 Å². The van der Waals surface area contributed by atoms with Crippen LogP contribution in [0.3, 0.4) is 0 Å². The number of rotatable bonds is 7. The first-order valence-electron chi connectivity index (χ1n) is 8.42. The maximum Gasteiger partial charge on any atom is 0.119 e. The van der Waals surface area contributed by atoms with Crippen LogP contribution in [0.2, 0.25) is 0 Å². The first kappa shape index (κ1) is 15.6.